The van der Waals surface area contributed by atoms with Crippen LogP contribution in [0.4, 0.5) is 11.4 Å². The molecule has 4 rings (SSSR count). The van der Waals surface area contributed by atoms with E-state index in [1.165, 1.54) is 5.56 Å². The van der Waals surface area contributed by atoms with Crippen LogP contribution >= 0.6 is 0 Å². The molecule has 0 spiro atoms. The monoisotopic (exact) mass is 371 g/mol. The summed E-state index contributed by atoms with van der Waals surface area (Å²) in [6.45, 7) is 0. The van der Waals surface area contributed by atoms with Crippen molar-refractivity contribution < 1.29 is 4.74 Å². The lowest BCUT2D eigenvalue weighted by molar-refractivity contribution is 0.415. The Balaban J connectivity index is 1.49. The highest BCUT2D eigenvalue weighted by Gasteiger charge is 2.27. The fourth-order valence-electron chi connectivity index (χ4n) is 3.53. The van der Waals surface area contributed by atoms with Crippen LogP contribution < -0.4 is 15.1 Å². The maximum absolute atomic E-state index is 5.24. The van der Waals surface area contributed by atoms with E-state index in [1.807, 2.05) is 30.3 Å². The van der Waals surface area contributed by atoms with Gasteiger partial charge in [0, 0.05) is 12.1 Å². The van der Waals surface area contributed by atoms with Crippen LogP contribution in [0.2, 0.25) is 0 Å². The molecule has 1 aliphatic rings. The molecular formula is C24H25N3O. The maximum Gasteiger partial charge on any atom is 0.129 e. The predicted octanol–water partition coefficient (Wildman–Crippen LogP) is 5.33. The summed E-state index contributed by atoms with van der Waals surface area (Å²) in [6, 6.07) is 29.4. The zero-order valence-electron chi connectivity index (χ0n) is 16.1. The Kier molecular flexibility index (Phi) is 5.57. The van der Waals surface area contributed by atoms with Crippen LogP contribution in [0.15, 0.2) is 90.0 Å². The van der Waals surface area contributed by atoms with Gasteiger partial charge in [-0.15, -0.1) is 0 Å². The quantitative estimate of drug-likeness (QED) is 0.636. The number of anilines is 2. The van der Waals surface area contributed by atoms with Crippen molar-refractivity contribution in [2.75, 3.05) is 17.4 Å². The van der Waals surface area contributed by atoms with Crippen LogP contribution in [0.1, 0.15) is 18.4 Å². The van der Waals surface area contributed by atoms with Crippen molar-refractivity contribution in [3.63, 3.8) is 0 Å². The van der Waals surface area contributed by atoms with Crippen LogP contribution in [0, 0.1) is 0 Å². The number of hydrazone groups is 1. The van der Waals surface area contributed by atoms with E-state index in [0.29, 0.717) is 6.04 Å². The van der Waals surface area contributed by atoms with E-state index in [1.54, 1.807) is 7.11 Å². The van der Waals surface area contributed by atoms with Crippen LogP contribution in [0.5, 0.6) is 5.75 Å². The van der Waals surface area contributed by atoms with Gasteiger partial charge in [-0.25, -0.2) is 0 Å². The third-order valence-electron chi connectivity index (χ3n) is 5.01. The lowest BCUT2D eigenvalue weighted by Gasteiger charge is -2.23. The molecule has 1 atom stereocenters. The number of para-hydroxylation sites is 1. The second-order valence-corrected chi connectivity index (χ2v) is 6.96. The molecule has 28 heavy (non-hydrogen) atoms. The first-order chi connectivity index (χ1) is 13.8. The van der Waals surface area contributed by atoms with Gasteiger partial charge in [0.05, 0.1) is 18.8 Å². The standard InChI is InChI=1S/C24H25N3O/c1-28-23-16-13-20(14-17-23)25-24-18-22(15-12-19-8-4-2-5-9-19)27(26-24)21-10-6-3-7-11-21/h2-11,13-14,16-17,22H,12,15,18H2,1H3,(H,25,26). The average Bonchev–Trinajstić information content (AvgIpc) is 3.17. The highest BCUT2D eigenvalue weighted by atomic mass is 16.5. The predicted molar refractivity (Wildman–Crippen MR) is 116 cm³/mol. The summed E-state index contributed by atoms with van der Waals surface area (Å²) in [4.78, 5) is 0. The van der Waals surface area contributed by atoms with E-state index < -0.39 is 0 Å². The fourth-order valence-corrected chi connectivity index (χ4v) is 3.53. The van der Waals surface area contributed by atoms with Gasteiger partial charge in [0.15, 0.2) is 0 Å². The molecule has 1 unspecified atom stereocenters. The summed E-state index contributed by atoms with van der Waals surface area (Å²) >= 11 is 0. The third-order valence-corrected chi connectivity index (χ3v) is 5.01. The Hall–Kier alpha value is -3.27. The van der Waals surface area contributed by atoms with Gasteiger partial charge in [0.25, 0.3) is 0 Å². The molecule has 3 aromatic rings. The summed E-state index contributed by atoms with van der Waals surface area (Å²) in [5, 5.41) is 10.5. The minimum absolute atomic E-state index is 0.336. The van der Waals surface area contributed by atoms with E-state index in [4.69, 9.17) is 9.84 Å². The van der Waals surface area contributed by atoms with Crippen molar-refractivity contribution in [2.45, 2.75) is 25.3 Å². The second kappa shape index (κ2) is 8.61. The molecule has 4 nitrogen and oxygen atoms in total. The summed E-state index contributed by atoms with van der Waals surface area (Å²) in [6.07, 6.45) is 2.99. The van der Waals surface area contributed by atoms with Gasteiger partial charge in [-0.2, -0.15) is 5.10 Å². The molecule has 0 fully saturated rings. The molecule has 0 aliphatic carbocycles. The average molecular weight is 371 g/mol. The number of benzene rings is 3. The van der Waals surface area contributed by atoms with Crippen LogP contribution in [-0.2, 0) is 6.42 Å². The van der Waals surface area contributed by atoms with Gasteiger partial charge in [-0.05, 0) is 54.8 Å². The van der Waals surface area contributed by atoms with Gasteiger partial charge >= 0.3 is 0 Å². The minimum Gasteiger partial charge on any atom is -0.497 e. The topological polar surface area (TPSA) is 36.9 Å². The zero-order chi connectivity index (χ0) is 19.2. The van der Waals surface area contributed by atoms with Crippen LogP contribution in [-0.4, -0.2) is 19.0 Å². The summed E-state index contributed by atoms with van der Waals surface area (Å²) in [5.74, 6) is 1.85. The lowest BCUT2D eigenvalue weighted by Crippen LogP contribution is -2.27. The number of hydrogen-bond acceptors (Lipinski definition) is 4. The number of ether oxygens (including phenoxy) is 1. The van der Waals surface area contributed by atoms with Crippen molar-refractivity contribution in [1.29, 1.82) is 0 Å². The van der Waals surface area contributed by atoms with Crippen molar-refractivity contribution in [3.8, 4) is 5.75 Å². The number of nitrogens with zero attached hydrogens (tertiary/aromatic N) is 2. The Labute approximate surface area is 166 Å². The van der Waals surface area contributed by atoms with Gasteiger partial charge in [0.1, 0.15) is 11.6 Å². The molecule has 0 saturated carbocycles. The minimum atomic E-state index is 0.336. The molecule has 0 aromatic heterocycles. The summed E-state index contributed by atoms with van der Waals surface area (Å²) in [5.41, 5.74) is 3.52. The molecule has 1 aliphatic heterocycles. The van der Waals surface area contributed by atoms with Gasteiger partial charge < -0.3 is 10.1 Å². The molecule has 1 heterocycles. The maximum atomic E-state index is 5.24. The Morgan fingerprint density at radius 2 is 1.61 bits per heavy atom. The number of nitrogens with one attached hydrogen (secondary N) is 1. The molecule has 0 saturated heterocycles. The Bertz CT molecular complexity index is 908. The lowest BCUT2D eigenvalue weighted by atomic mass is 10.0. The molecule has 3 aromatic carbocycles. The van der Waals surface area contributed by atoms with Crippen LogP contribution in [0.25, 0.3) is 0 Å². The number of aryl methyl sites for hydroxylation is 1. The number of amidine groups is 1. The molecule has 0 bridgehead atoms. The SMILES string of the molecule is COc1ccc(NC2=NN(c3ccccc3)C(CCc3ccccc3)C2)cc1. The molecule has 4 heteroatoms. The van der Waals surface area contributed by atoms with Crippen molar-refractivity contribution in [3.05, 3.63) is 90.5 Å². The van der Waals surface area contributed by atoms with Crippen molar-refractivity contribution in [2.24, 2.45) is 5.10 Å². The largest absolute Gasteiger partial charge is 0.497 e. The normalized spacial score (nSPS) is 16.0. The first kappa shape index (κ1) is 18.1. The highest BCUT2D eigenvalue weighted by molar-refractivity contribution is 5.98. The van der Waals surface area contributed by atoms with Gasteiger partial charge in [-0.1, -0.05) is 48.5 Å². The fraction of sp³-hybridized carbons (Fsp3) is 0.208. The highest BCUT2D eigenvalue weighted by Crippen LogP contribution is 2.28. The van der Waals surface area contributed by atoms with Gasteiger partial charge in [-0.3, -0.25) is 5.01 Å². The van der Waals surface area contributed by atoms with Crippen molar-refractivity contribution in [1.82, 2.24) is 0 Å². The second-order valence-electron chi connectivity index (χ2n) is 6.96. The van der Waals surface area contributed by atoms with E-state index in [2.05, 4.69) is 64.9 Å². The molecule has 0 radical (unpaired) electrons. The van der Waals surface area contributed by atoms with E-state index in [0.717, 1.165) is 42.2 Å². The summed E-state index contributed by atoms with van der Waals surface area (Å²) < 4.78 is 5.24. The Morgan fingerprint density at radius 3 is 2.29 bits per heavy atom. The van der Waals surface area contributed by atoms with E-state index >= 15 is 0 Å². The molecule has 0 amide bonds. The first-order valence-corrected chi connectivity index (χ1v) is 9.68. The molecule has 1 N–H and O–H groups in total. The van der Waals surface area contributed by atoms with Crippen LogP contribution in [0.3, 0.4) is 0 Å². The Morgan fingerprint density at radius 1 is 0.929 bits per heavy atom. The molecular weight excluding hydrogens is 346 g/mol. The number of hydrogen-bond donors (Lipinski definition) is 1. The zero-order valence-corrected chi connectivity index (χ0v) is 16.1. The third kappa shape index (κ3) is 4.34. The summed E-state index contributed by atoms with van der Waals surface area (Å²) in [7, 11) is 1.68. The number of rotatable bonds is 6. The first-order valence-electron chi connectivity index (χ1n) is 9.68. The van der Waals surface area contributed by atoms with Gasteiger partial charge in [0.2, 0.25) is 0 Å². The van der Waals surface area contributed by atoms with E-state index in [-0.39, 0.29) is 0 Å². The molecule has 142 valence electrons. The number of methoxy groups -OCH3 is 1. The van der Waals surface area contributed by atoms with E-state index in [9.17, 15) is 0 Å². The smallest absolute Gasteiger partial charge is 0.129 e. The van der Waals surface area contributed by atoms with Crippen molar-refractivity contribution >= 4 is 17.2 Å².